The Labute approximate surface area is 174 Å². The van der Waals surface area contributed by atoms with Gasteiger partial charge in [-0.1, -0.05) is 53.9 Å². The molecule has 0 radical (unpaired) electrons. The minimum absolute atomic E-state index is 0.600. The fourth-order valence-electron chi connectivity index (χ4n) is 9.62. The first-order valence-corrected chi connectivity index (χ1v) is 13.0. The largest absolute Gasteiger partial charge is 0.369 e. The third kappa shape index (κ3) is 2.96. The number of hydrogen-bond acceptors (Lipinski definition) is 1. The molecule has 0 aromatic rings. The molecular formula is C27H46O. The van der Waals surface area contributed by atoms with Gasteiger partial charge in [-0.05, 0) is 104 Å². The molecule has 160 valence electrons. The molecule has 5 fully saturated rings. The van der Waals surface area contributed by atoms with Gasteiger partial charge in [0.2, 0.25) is 0 Å². The lowest BCUT2D eigenvalue weighted by molar-refractivity contribution is -0.111. The molecule has 4 aliphatic carbocycles. The highest BCUT2D eigenvalue weighted by Crippen LogP contribution is 2.69. The fourth-order valence-corrected chi connectivity index (χ4v) is 9.62. The van der Waals surface area contributed by atoms with Crippen LogP contribution in [0.3, 0.4) is 0 Å². The monoisotopic (exact) mass is 386 g/mol. The van der Waals surface area contributed by atoms with Crippen LogP contribution in [0.5, 0.6) is 0 Å². The van der Waals surface area contributed by atoms with E-state index in [4.69, 9.17) is 4.74 Å². The van der Waals surface area contributed by atoms with Crippen LogP contribution >= 0.6 is 0 Å². The minimum atomic E-state index is 0.600. The van der Waals surface area contributed by atoms with Crippen molar-refractivity contribution in [2.24, 2.45) is 52.3 Å². The maximum Gasteiger partial charge on any atom is 0.0875 e. The summed E-state index contributed by atoms with van der Waals surface area (Å²) in [6.45, 7) is 12.8. The van der Waals surface area contributed by atoms with Gasteiger partial charge in [-0.3, -0.25) is 0 Å². The number of hydrogen-bond donors (Lipinski definition) is 0. The van der Waals surface area contributed by atoms with Gasteiger partial charge in [-0.2, -0.15) is 0 Å². The van der Waals surface area contributed by atoms with E-state index in [1.165, 1.54) is 64.2 Å². The lowest BCUT2D eigenvalue weighted by Gasteiger charge is -2.60. The zero-order chi connectivity index (χ0) is 19.7. The lowest BCUT2D eigenvalue weighted by atomic mass is 9.44. The SMILES string of the molecule is CC(C)CCC[C@@H](C)[C@H]1CC[C@H]2[C@@H]3CC[C@@H]4[C@H]5O[C@@H]5CC[C@]4(C)[C@H]3CC[C@]12C. The van der Waals surface area contributed by atoms with Crippen LogP contribution in [0, 0.1) is 52.3 Å². The van der Waals surface area contributed by atoms with Gasteiger partial charge in [0, 0.05) is 0 Å². The van der Waals surface area contributed by atoms with Crippen molar-refractivity contribution < 1.29 is 4.74 Å². The van der Waals surface area contributed by atoms with Crippen LogP contribution in [0.4, 0.5) is 0 Å². The minimum Gasteiger partial charge on any atom is -0.369 e. The van der Waals surface area contributed by atoms with Crippen LogP contribution < -0.4 is 0 Å². The summed E-state index contributed by atoms with van der Waals surface area (Å²) < 4.78 is 6.10. The first-order chi connectivity index (χ1) is 13.3. The van der Waals surface area contributed by atoms with E-state index in [0.717, 1.165) is 41.4 Å². The van der Waals surface area contributed by atoms with Crippen LogP contribution in [0.1, 0.15) is 105 Å². The van der Waals surface area contributed by atoms with Gasteiger partial charge in [-0.15, -0.1) is 0 Å². The molecule has 10 atom stereocenters. The zero-order valence-corrected chi connectivity index (χ0v) is 19.4. The van der Waals surface area contributed by atoms with Crippen molar-refractivity contribution in [2.75, 3.05) is 0 Å². The average molecular weight is 387 g/mol. The Balaban J connectivity index is 1.30. The molecule has 0 aromatic heterocycles. The van der Waals surface area contributed by atoms with E-state index in [1.807, 2.05) is 0 Å². The smallest absolute Gasteiger partial charge is 0.0875 e. The van der Waals surface area contributed by atoms with Gasteiger partial charge in [0.05, 0.1) is 12.2 Å². The molecule has 0 spiro atoms. The summed E-state index contributed by atoms with van der Waals surface area (Å²) in [4.78, 5) is 0. The molecule has 0 unspecified atom stereocenters. The number of ether oxygens (including phenoxy) is 1. The quantitative estimate of drug-likeness (QED) is 0.446. The molecule has 1 nitrogen and oxygen atoms in total. The van der Waals surface area contributed by atoms with Crippen molar-refractivity contribution in [3.63, 3.8) is 0 Å². The molecule has 28 heavy (non-hydrogen) atoms. The Bertz CT molecular complexity index is 583. The van der Waals surface area contributed by atoms with Crippen molar-refractivity contribution in [1.29, 1.82) is 0 Å². The second-order valence-corrected chi connectivity index (χ2v) is 12.8. The number of rotatable bonds is 5. The van der Waals surface area contributed by atoms with Crippen LogP contribution in [-0.2, 0) is 4.74 Å². The number of fused-ring (bicyclic) bond motifs is 7. The molecule has 0 aromatic carbocycles. The van der Waals surface area contributed by atoms with Crippen molar-refractivity contribution >= 4 is 0 Å². The molecule has 1 heteroatoms. The van der Waals surface area contributed by atoms with E-state index in [0.29, 0.717) is 23.0 Å². The molecule has 0 N–H and O–H groups in total. The Morgan fingerprint density at radius 3 is 2.29 bits per heavy atom. The molecular weight excluding hydrogens is 340 g/mol. The Morgan fingerprint density at radius 2 is 1.50 bits per heavy atom. The van der Waals surface area contributed by atoms with Gasteiger partial charge >= 0.3 is 0 Å². The highest BCUT2D eigenvalue weighted by molar-refractivity contribution is 5.13. The highest BCUT2D eigenvalue weighted by Gasteiger charge is 2.65. The predicted molar refractivity (Wildman–Crippen MR) is 117 cm³/mol. The molecule has 5 rings (SSSR count). The van der Waals surface area contributed by atoms with Gasteiger partial charge in [0.1, 0.15) is 0 Å². The van der Waals surface area contributed by atoms with E-state index in [2.05, 4.69) is 34.6 Å². The molecule has 1 heterocycles. The standard InChI is InChI=1S/C27H46O/c1-17(2)7-6-8-18(3)20-11-12-21-19-9-10-23-25-24(28-25)14-16-27(23,5)22(19)13-15-26(20,21)4/h17-25H,6-16H2,1-5H3/t18-,19+,20-,21+,22+,23-,24-,25-,26-,27-/m1/s1. The summed E-state index contributed by atoms with van der Waals surface area (Å²) in [5.74, 6) is 6.76. The first-order valence-electron chi connectivity index (χ1n) is 13.0. The van der Waals surface area contributed by atoms with Crippen LogP contribution in [0.25, 0.3) is 0 Å². The fraction of sp³-hybridized carbons (Fsp3) is 1.00. The van der Waals surface area contributed by atoms with E-state index < -0.39 is 0 Å². The maximum absolute atomic E-state index is 6.10. The first kappa shape index (κ1) is 19.9. The van der Waals surface area contributed by atoms with E-state index >= 15 is 0 Å². The zero-order valence-electron chi connectivity index (χ0n) is 19.4. The summed E-state index contributed by atoms with van der Waals surface area (Å²) in [5, 5.41) is 0. The highest BCUT2D eigenvalue weighted by atomic mass is 16.6. The molecule has 4 saturated carbocycles. The second kappa shape index (κ2) is 7.00. The van der Waals surface area contributed by atoms with Gasteiger partial charge in [-0.25, -0.2) is 0 Å². The maximum atomic E-state index is 6.10. The molecule has 0 amide bonds. The summed E-state index contributed by atoms with van der Waals surface area (Å²) in [6, 6.07) is 0. The summed E-state index contributed by atoms with van der Waals surface area (Å²) in [6.07, 6.45) is 17.6. The van der Waals surface area contributed by atoms with Crippen molar-refractivity contribution in [1.82, 2.24) is 0 Å². The van der Waals surface area contributed by atoms with Crippen LogP contribution in [0.15, 0.2) is 0 Å². The molecule has 1 saturated heterocycles. The van der Waals surface area contributed by atoms with E-state index in [-0.39, 0.29) is 0 Å². The summed E-state index contributed by atoms with van der Waals surface area (Å²) >= 11 is 0. The predicted octanol–water partition coefficient (Wildman–Crippen LogP) is 7.49. The van der Waals surface area contributed by atoms with Gasteiger partial charge in [0.15, 0.2) is 0 Å². The molecule has 0 bridgehead atoms. The summed E-state index contributed by atoms with van der Waals surface area (Å²) in [7, 11) is 0. The van der Waals surface area contributed by atoms with E-state index in [9.17, 15) is 0 Å². The average Bonchev–Trinajstić information content (AvgIpc) is 3.34. The Kier molecular flexibility index (Phi) is 4.97. The number of epoxide rings is 1. The third-order valence-corrected chi connectivity index (χ3v) is 11.1. The summed E-state index contributed by atoms with van der Waals surface area (Å²) in [5.41, 5.74) is 1.25. The third-order valence-electron chi connectivity index (χ3n) is 11.1. The van der Waals surface area contributed by atoms with E-state index in [1.54, 1.807) is 6.42 Å². The normalized spacial score (nSPS) is 53.1. The van der Waals surface area contributed by atoms with Gasteiger partial charge < -0.3 is 4.74 Å². The van der Waals surface area contributed by atoms with Crippen LogP contribution in [0.2, 0.25) is 0 Å². The molecule has 1 aliphatic heterocycles. The van der Waals surface area contributed by atoms with Gasteiger partial charge in [0.25, 0.3) is 0 Å². The molecule has 5 aliphatic rings. The van der Waals surface area contributed by atoms with Crippen molar-refractivity contribution in [3.8, 4) is 0 Å². The lowest BCUT2D eigenvalue weighted by Crippen LogP contribution is -2.54. The Morgan fingerprint density at radius 1 is 0.786 bits per heavy atom. The van der Waals surface area contributed by atoms with Crippen LogP contribution in [-0.4, -0.2) is 12.2 Å². The topological polar surface area (TPSA) is 12.5 Å². The van der Waals surface area contributed by atoms with Crippen molar-refractivity contribution in [3.05, 3.63) is 0 Å². The second-order valence-electron chi connectivity index (χ2n) is 12.8. The Hall–Kier alpha value is -0.0400. The van der Waals surface area contributed by atoms with Crippen molar-refractivity contribution in [2.45, 2.75) is 117 Å².